The third kappa shape index (κ3) is 3.37. The molecule has 0 amide bonds. The molecule has 19 heavy (non-hydrogen) atoms. The molecule has 0 aliphatic rings. The summed E-state index contributed by atoms with van der Waals surface area (Å²) in [6.45, 7) is 0. The lowest BCUT2D eigenvalue weighted by molar-refractivity contribution is -0.275. The molecule has 6 heteroatoms. The van der Waals surface area contributed by atoms with Gasteiger partial charge in [0.25, 0.3) is 0 Å². The first-order chi connectivity index (χ1) is 8.85. The minimum absolute atomic E-state index is 0.426. The van der Waals surface area contributed by atoms with Crippen LogP contribution in [0.4, 0.5) is 17.6 Å². The summed E-state index contributed by atoms with van der Waals surface area (Å²) in [6.07, 6.45) is -4.87. The lowest BCUT2D eigenvalue weighted by Gasteiger charge is -2.11. The van der Waals surface area contributed by atoms with Crippen molar-refractivity contribution in [3.05, 3.63) is 48.3 Å². The highest BCUT2D eigenvalue weighted by Crippen LogP contribution is 2.34. The fourth-order valence-electron chi connectivity index (χ4n) is 1.55. The van der Waals surface area contributed by atoms with E-state index in [0.29, 0.717) is 11.1 Å². The quantitative estimate of drug-likeness (QED) is 0.834. The maximum atomic E-state index is 12.7. The molecule has 2 aromatic carbocycles. The maximum Gasteiger partial charge on any atom is 0.573 e. The monoisotopic (exact) mass is 272 g/mol. The molecule has 0 bridgehead atoms. The van der Waals surface area contributed by atoms with Crippen molar-refractivity contribution >= 4 is 0 Å². The Labute approximate surface area is 105 Å². The molecule has 0 atom stereocenters. The topological polar surface area (TPSA) is 29.5 Å². The van der Waals surface area contributed by atoms with E-state index in [1.54, 1.807) is 0 Å². The van der Waals surface area contributed by atoms with Crippen molar-refractivity contribution in [2.45, 2.75) is 6.36 Å². The van der Waals surface area contributed by atoms with Gasteiger partial charge in [0, 0.05) is 0 Å². The van der Waals surface area contributed by atoms with Crippen molar-refractivity contribution < 1.29 is 27.4 Å². The standard InChI is InChI=1S/C13H8F4O2/c14-10-4-1-8(2-5-10)9-3-6-12(11(18)7-9)19-13(15,16)17/h1-7,18H. The Morgan fingerprint density at radius 1 is 0.895 bits per heavy atom. The summed E-state index contributed by atoms with van der Waals surface area (Å²) in [5.74, 6) is -1.75. The summed E-state index contributed by atoms with van der Waals surface area (Å²) in [4.78, 5) is 0. The molecule has 2 aromatic rings. The Balaban J connectivity index is 2.31. The molecule has 0 saturated heterocycles. The van der Waals surface area contributed by atoms with Crippen LogP contribution in [0.2, 0.25) is 0 Å². The van der Waals surface area contributed by atoms with Gasteiger partial charge in [-0.3, -0.25) is 0 Å². The molecule has 2 nitrogen and oxygen atoms in total. The fraction of sp³-hybridized carbons (Fsp3) is 0.0769. The summed E-state index contributed by atoms with van der Waals surface area (Å²) >= 11 is 0. The number of phenols is 1. The third-order valence-electron chi connectivity index (χ3n) is 2.36. The van der Waals surface area contributed by atoms with Gasteiger partial charge in [0.1, 0.15) is 5.82 Å². The number of alkyl halides is 3. The predicted molar refractivity (Wildman–Crippen MR) is 60.2 cm³/mol. The van der Waals surface area contributed by atoms with E-state index in [4.69, 9.17) is 0 Å². The van der Waals surface area contributed by atoms with E-state index < -0.39 is 23.7 Å². The molecule has 0 aliphatic heterocycles. The minimum atomic E-state index is -4.87. The highest BCUT2D eigenvalue weighted by molar-refractivity contribution is 5.66. The number of aromatic hydroxyl groups is 1. The number of hydrogen-bond acceptors (Lipinski definition) is 2. The Morgan fingerprint density at radius 3 is 2.00 bits per heavy atom. The van der Waals surface area contributed by atoms with Crippen LogP contribution in [0.1, 0.15) is 0 Å². The molecule has 1 N–H and O–H groups in total. The number of phenolic OH excluding ortho intramolecular Hbond substituents is 1. The average molecular weight is 272 g/mol. The molecule has 100 valence electrons. The number of ether oxygens (including phenoxy) is 1. The van der Waals surface area contributed by atoms with Crippen molar-refractivity contribution in [3.8, 4) is 22.6 Å². The van der Waals surface area contributed by atoms with Crippen molar-refractivity contribution in [1.29, 1.82) is 0 Å². The van der Waals surface area contributed by atoms with Crippen LogP contribution in [0.25, 0.3) is 11.1 Å². The second kappa shape index (κ2) is 4.79. The summed E-state index contributed by atoms with van der Waals surface area (Å²) < 4.78 is 52.4. The van der Waals surface area contributed by atoms with E-state index >= 15 is 0 Å². The third-order valence-corrected chi connectivity index (χ3v) is 2.36. The molecule has 0 saturated carbocycles. The van der Waals surface area contributed by atoms with Crippen LogP contribution in [-0.4, -0.2) is 11.5 Å². The lowest BCUT2D eigenvalue weighted by Crippen LogP contribution is -2.17. The molecule has 0 aliphatic carbocycles. The normalized spacial score (nSPS) is 11.4. The van der Waals surface area contributed by atoms with Gasteiger partial charge in [-0.25, -0.2) is 4.39 Å². The van der Waals surface area contributed by atoms with Crippen molar-refractivity contribution in [3.63, 3.8) is 0 Å². The van der Waals surface area contributed by atoms with Crippen molar-refractivity contribution in [1.82, 2.24) is 0 Å². The van der Waals surface area contributed by atoms with Crippen LogP contribution >= 0.6 is 0 Å². The van der Waals surface area contributed by atoms with Crippen molar-refractivity contribution in [2.75, 3.05) is 0 Å². The molecule has 0 heterocycles. The summed E-state index contributed by atoms with van der Waals surface area (Å²) in [7, 11) is 0. The van der Waals surface area contributed by atoms with E-state index in [2.05, 4.69) is 4.74 Å². The first-order valence-corrected chi connectivity index (χ1v) is 5.20. The molecule has 0 radical (unpaired) electrons. The smallest absolute Gasteiger partial charge is 0.504 e. The first-order valence-electron chi connectivity index (χ1n) is 5.20. The van der Waals surface area contributed by atoms with Gasteiger partial charge >= 0.3 is 6.36 Å². The Bertz CT molecular complexity index is 576. The van der Waals surface area contributed by atoms with E-state index in [0.717, 1.165) is 12.1 Å². The zero-order valence-corrected chi connectivity index (χ0v) is 9.41. The lowest BCUT2D eigenvalue weighted by atomic mass is 10.1. The predicted octanol–water partition coefficient (Wildman–Crippen LogP) is 4.10. The summed E-state index contributed by atoms with van der Waals surface area (Å²) in [6, 6.07) is 8.80. The van der Waals surface area contributed by atoms with Crippen LogP contribution in [0, 0.1) is 5.82 Å². The van der Waals surface area contributed by atoms with Gasteiger partial charge in [-0.2, -0.15) is 0 Å². The average Bonchev–Trinajstić information content (AvgIpc) is 2.31. The van der Waals surface area contributed by atoms with Crippen LogP contribution in [-0.2, 0) is 0 Å². The first kappa shape index (κ1) is 13.2. The largest absolute Gasteiger partial charge is 0.573 e. The SMILES string of the molecule is Oc1cc(-c2ccc(F)cc2)ccc1OC(F)(F)F. The summed E-state index contributed by atoms with van der Waals surface area (Å²) in [5.41, 5.74) is 1.02. The number of benzene rings is 2. The van der Waals surface area contributed by atoms with E-state index in [-0.39, 0.29) is 0 Å². The van der Waals surface area contributed by atoms with Crippen LogP contribution in [0.15, 0.2) is 42.5 Å². The van der Waals surface area contributed by atoms with Crippen LogP contribution in [0.3, 0.4) is 0 Å². The molecule has 0 fully saturated rings. The van der Waals surface area contributed by atoms with Gasteiger partial charge in [-0.15, -0.1) is 13.2 Å². The van der Waals surface area contributed by atoms with E-state index in [1.165, 1.54) is 30.3 Å². The molecule has 2 rings (SSSR count). The second-order valence-electron chi connectivity index (χ2n) is 3.74. The van der Waals surface area contributed by atoms with Crippen LogP contribution in [0.5, 0.6) is 11.5 Å². The highest BCUT2D eigenvalue weighted by Gasteiger charge is 2.32. The molecular weight excluding hydrogens is 264 g/mol. The fourth-order valence-corrected chi connectivity index (χ4v) is 1.55. The van der Waals surface area contributed by atoms with E-state index in [1.807, 2.05) is 0 Å². The number of halogens is 4. The molecule has 0 aromatic heterocycles. The maximum absolute atomic E-state index is 12.7. The number of hydrogen-bond donors (Lipinski definition) is 1. The highest BCUT2D eigenvalue weighted by atomic mass is 19.4. The Morgan fingerprint density at radius 2 is 1.47 bits per heavy atom. The summed E-state index contributed by atoms with van der Waals surface area (Å²) in [5, 5.41) is 9.47. The van der Waals surface area contributed by atoms with Crippen molar-refractivity contribution in [2.24, 2.45) is 0 Å². The molecule has 0 unspecified atom stereocenters. The number of rotatable bonds is 2. The van der Waals surface area contributed by atoms with Gasteiger partial charge in [-0.1, -0.05) is 18.2 Å². The van der Waals surface area contributed by atoms with Gasteiger partial charge in [0.05, 0.1) is 0 Å². The van der Waals surface area contributed by atoms with Crippen LogP contribution < -0.4 is 4.74 Å². The minimum Gasteiger partial charge on any atom is -0.504 e. The van der Waals surface area contributed by atoms with E-state index in [9.17, 15) is 22.7 Å². The van der Waals surface area contributed by atoms with Gasteiger partial charge in [0.2, 0.25) is 0 Å². The zero-order chi connectivity index (χ0) is 14.0. The van der Waals surface area contributed by atoms with Gasteiger partial charge in [0.15, 0.2) is 11.5 Å². The Kier molecular flexibility index (Phi) is 3.33. The van der Waals surface area contributed by atoms with Gasteiger partial charge < -0.3 is 9.84 Å². The van der Waals surface area contributed by atoms with Gasteiger partial charge in [-0.05, 0) is 35.4 Å². The molecular formula is C13H8F4O2. The Hall–Kier alpha value is -2.24. The molecule has 0 spiro atoms. The second-order valence-corrected chi connectivity index (χ2v) is 3.74. The zero-order valence-electron chi connectivity index (χ0n) is 9.41.